The van der Waals surface area contributed by atoms with Crippen molar-refractivity contribution in [3.05, 3.63) is 0 Å². The van der Waals surface area contributed by atoms with Crippen molar-refractivity contribution in [2.24, 2.45) is 0 Å². The van der Waals surface area contributed by atoms with E-state index < -0.39 is 6.10 Å². The van der Waals surface area contributed by atoms with E-state index >= 15 is 0 Å². The van der Waals surface area contributed by atoms with Gasteiger partial charge in [0.2, 0.25) is 0 Å². The number of carbonyl (C=O) groups is 1. The van der Waals surface area contributed by atoms with Gasteiger partial charge < -0.3 is 5.11 Å². The number of β-amino-alcohol motifs (C(OH)–C–C–N with tert-alkyl or cyclic N) is 1. The molecular weight excluding hydrogens is 108 g/mol. The lowest BCUT2D eigenvalue weighted by Gasteiger charge is -2.02. The average molecular weight is 116 g/mol. The van der Waals surface area contributed by atoms with Crippen LogP contribution in [-0.4, -0.2) is 35.7 Å². The summed E-state index contributed by atoms with van der Waals surface area (Å²) in [4.78, 5) is 10.4. The minimum atomic E-state index is -0.833. The first-order chi connectivity index (χ1) is 3.70. The highest BCUT2D eigenvalue weighted by Crippen LogP contribution is 1.94. The lowest BCUT2D eigenvalue weighted by Crippen LogP contribution is -2.29. The van der Waals surface area contributed by atoms with Gasteiger partial charge in [-0.05, 0) is 0 Å². The standard InChI is InChI=1S/C4H8N2O2/c1-6-2-3(7)4(8)5-6/h3,7H,2H2,1H3,(H,5,8). The largest absolute Gasteiger partial charge is 0.382 e. The van der Waals surface area contributed by atoms with Crippen LogP contribution in [0.25, 0.3) is 0 Å². The summed E-state index contributed by atoms with van der Waals surface area (Å²) in [6.45, 7) is 0.388. The van der Waals surface area contributed by atoms with Crippen molar-refractivity contribution < 1.29 is 9.90 Å². The summed E-state index contributed by atoms with van der Waals surface area (Å²) in [7, 11) is 1.70. The van der Waals surface area contributed by atoms with Gasteiger partial charge >= 0.3 is 0 Å². The normalized spacial score (nSPS) is 30.8. The molecule has 1 atom stereocenters. The third kappa shape index (κ3) is 0.801. The van der Waals surface area contributed by atoms with E-state index in [1.165, 1.54) is 0 Å². The highest BCUT2D eigenvalue weighted by molar-refractivity contribution is 5.81. The maximum absolute atomic E-state index is 10.4. The molecule has 1 amide bonds. The number of hydrogen-bond acceptors (Lipinski definition) is 3. The van der Waals surface area contributed by atoms with E-state index in [4.69, 9.17) is 5.11 Å². The maximum Gasteiger partial charge on any atom is 0.264 e. The molecule has 1 heterocycles. The molecule has 4 nitrogen and oxygen atoms in total. The number of likely N-dealkylation sites (N-methyl/N-ethyl adjacent to an activating group) is 1. The number of rotatable bonds is 0. The van der Waals surface area contributed by atoms with Crippen LogP contribution >= 0.6 is 0 Å². The molecule has 1 aliphatic heterocycles. The van der Waals surface area contributed by atoms with Gasteiger partial charge in [-0.25, -0.2) is 5.01 Å². The van der Waals surface area contributed by atoms with Crippen LogP contribution in [-0.2, 0) is 4.79 Å². The first-order valence-corrected chi connectivity index (χ1v) is 2.40. The van der Waals surface area contributed by atoms with Crippen molar-refractivity contribution in [2.45, 2.75) is 6.10 Å². The Morgan fingerprint density at radius 1 is 2.00 bits per heavy atom. The smallest absolute Gasteiger partial charge is 0.264 e. The zero-order valence-electron chi connectivity index (χ0n) is 4.59. The van der Waals surface area contributed by atoms with Gasteiger partial charge in [-0.15, -0.1) is 0 Å². The Hall–Kier alpha value is -0.610. The van der Waals surface area contributed by atoms with Crippen molar-refractivity contribution in [3.63, 3.8) is 0 Å². The molecule has 1 aliphatic rings. The van der Waals surface area contributed by atoms with Crippen LogP contribution < -0.4 is 5.43 Å². The molecule has 1 saturated heterocycles. The molecule has 0 aromatic carbocycles. The van der Waals surface area contributed by atoms with E-state index in [1.54, 1.807) is 12.1 Å². The molecule has 1 rings (SSSR count). The highest BCUT2D eigenvalue weighted by atomic mass is 16.3. The number of hydrogen-bond donors (Lipinski definition) is 2. The van der Waals surface area contributed by atoms with Crippen molar-refractivity contribution in [1.82, 2.24) is 10.4 Å². The second-order valence-corrected chi connectivity index (χ2v) is 1.87. The lowest BCUT2D eigenvalue weighted by atomic mass is 10.4. The predicted molar refractivity (Wildman–Crippen MR) is 26.8 cm³/mol. The topological polar surface area (TPSA) is 52.6 Å². The molecule has 0 aromatic rings. The fourth-order valence-electron chi connectivity index (χ4n) is 0.651. The van der Waals surface area contributed by atoms with Gasteiger partial charge in [0, 0.05) is 7.05 Å². The van der Waals surface area contributed by atoms with E-state index in [-0.39, 0.29) is 5.91 Å². The summed E-state index contributed by atoms with van der Waals surface area (Å²) in [6.07, 6.45) is -0.833. The quantitative estimate of drug-likeness (QED) is 0.397. The zero-order valence-corrected chi connectivity index (χ0v) is 4.59. The average Bonchev–Trinajstić information content (AvgIpc) is 1.85. The summed E-state index contributed by atoms with van der Waals surface area (Å²) < 4.78 is 0. The Morgan fingerprint density at radius 2 is 2.62 bits per heavy atom. The van der Waals surface area contributed by atoms with Gasteiger partial charge in [-0.1, -0.05) is 0 Å². The van der Waals surface area contributed by atoms with E-state index in [0.717, 1.165) is 0 Å². The van der Waals surface area contributed by atoms with Crippen LogP contribution in [0, 0.1) is 0 Å². The zero-order chi connectivity index (χ0) is 6.15. The number of aliphatic hydroxyl groups excluding tert-OH is 1. The number of amides is 1. The molecule has 2 N–H and O–H groups in total. The molecular formula is C4H8N2O2. The van der Waals surface area contributed by atoms with Gasteiger partial charge in [0.15, 0.2) is 0 Å². The molecule has 0 radical (unpaired) electrons. The van der Waals surface area contributed by atoms with Gasteiger partial charge in [-0.2, -0.15) is 0 Å². The first kappa shape index (κ1) is 5.53. The molecule has 8 heavy (non-hydrogen) atoms. The van der Waals surface area contributed by atoms with Gasteiger partial charge in [0.25, 0.3) is 5.91 Å². The van der Waals surface area contributed by atoms with Crippen LogP contribution in [0.3, 0.4) is 0 Å². The van der Waals surface area contributed by atoms with Crippen molar-refractivity contribution in [2.75, 3.05) is 13.6 Å². The molecule has 1 unspecified atom stereocenters. The van der Waals surface area contributed by atoms with Gasteiger partial charge in [-0.3, -0.25) is 10.2 Å². The summed E-state index contributed by atoms with van der Waals surface area (Å²) >= 11 is 0. The number of nitrogens with zero attached hydrogens (tertiary/aromatic N) is 1. The number of carbonyl (C=O) groups excluding carboxylic acids is 1. The van der Waals surface area contributed by atoms with Crippen LogP contribution in [0.4, 0.5) is 0 Å². The SMILES string of the molecule is CN1CC(O)C(=O)N1. The minimum Gasteiger partial charge on any atom is -0.382 e. The maximum atomic E-state index is 10.4. The van der Waals surface area contributed by atoms with E-state index in [0.29, 0.717) is 6.54 Å². The third-order valence-electron chi connectivity index (χ3n) is 1.05. The molecule has 4 heteroatoms. The number of nitrogens with one attached hydrogen (secondary N) is 1. The molecule has 0 aliphatic carbocycles. The van der Waals surface area contributed by atoms with E-state index in [1.807, 2.05) is 0 Å². The summed E-state index contributed by atoms with van der Waals surface area (Å²) in [6, 6.07) is 0. The Kier molecular flexibility index (Phi) is 1.19. The fourth-order valence-corrected chi connectivity index (χ4v) is 0.651. The lowest BCUT2D eigenvalue weighted by molar-refractivity contribution is -0.126. The first-order valence-electron chi connectivity index (χ1n) is 2.40. The number of aliphatic hydroxyl groups is 1. The van der Waals surface area contributed by atoms with Gasteiger partial charge in [0.05, 0.1) is 6.54 Å². The molecule has 0 saturated carbocycles. The molecule has 0 bridgehead atoms. The van der Waals surface area contributed by atoms with Crippen molar-refractivity contribution >= 4 is 5.91 Å². The van der Waals surface area contributed by atoms with Crippen LogP contribution in [0.15, 0.2) is 0 Å². The van der Waals surface area contributed by atoms with Crippen LogP contribution in [0.5, 0.6) is 0 Å². The van der Waals surface area contributed by atoms with Crippen LogP contribution in [0.2, 0.25) is 0 Å². The Labute approximate surface area is 47.1 Å². The monoisotopic (exact) mass is 116 g/mol. The van der Waals surface area contributed by atoms with Gasteiger partial charge in [0.1, 0.15) is 6.10 Å². The predicted octanol–water partition coefficient (Wildman–Crippen LogP) is -1.68. The molecule has 1 fully saturated rings. The molecule has 46 valence electrons. The fraction of sp³-hybridized carbons (Fsp3) is 0.750. The third-order valence-corrected chi connectivity index (χ3v) is 1.05. The number of hydrazine groups is 1. The molecule has 0 spiro atoms. The second-order valence-electron chi connectivity index (χ2n) is 1.87. The van der Waals surface area contributed by atoms with E-state index in [2.05, 4.69) is 5.43 Å². The van der Waals surface area contributed by atoms with Crippen LogP contribution in [0.1, 0.15) is 0 Å². The van der Waals surface area contributed by atoms with E-state index in [9.17, 15) is 4.79 Å². The van der Waals surface area contributed by atoms with Crippen molar-refractivity contribution in [1.29, 1.82) is 0 Å². The Morgan fingerprint density at radius 3 is 2.75 bits per heavy atom. The molecule has 0 aromatic heterocycles. The Bertz CT molecular complexity index is 115. The van der Waals surface area contributed by atoms with Crippen molar-refractivity contribution in [3.8, 4) is 0 Å². The highest BCUT2D eigenvalue weighted by Gasteiger charge is 2.24. The minimum absolute atomic E-state index is 0.312. The summed E-state index contributed by atoms with van der Waals surface area (Å²) in [5.74, 6) is -0.312. The summed E-state index contributed by atoms with van der Waals surface area (Å²) in [5.41, 5.74) is 2.41. The second kappa shape index (κ2) is 1.72. The Balaban J connectivity index is 2.51. The summed E-state index contributed by atoms with van der Waals surface area (Å²) in [5, 5.41) is 10.3.